The van der Waals surface area contributed by atoms with Crippen LogP contribution in [0.5, 0.6) is 0 Å². The maximum Gasteiger partial charge on any atom is 0.322 e. The number of hydrogen-bond acceptors (Lipinski definition) is 12. The lowest BCUT2D eigenvalue weighted by Crippen LogP contribution is -2.61. The van der Waals surface area contributed by atoms with Crippen LogP contribution in [-0.4, -0.2) is 118 Å². The molecule has 0 aliphatic heterocycles. The Bertz CT molecular complexity index is 1400. The quantitative estimate of drug-likeness (QED) is 0.0413. The van der Waals surface area contributed by atoms with Crippen LogP contribution in [0.3, 0.4) is 0 Å². The van der Waals surface area contributed by atoms with Crippen molar-refractivity contribution >= 4 is 65.1 Å². The fourth-order valence-corrected chi connectivity index (χ4v) is 4.47. The standard InChI is InChI=1S/C30H50N10O13/c1-12(2)23(29(52)35-11-22(46)47)39-27(50)16(6-8-19(33)42)37-28(51)17(10-21(44)45)38-30(53)24(13(3)4)40-26(49)15(5-7-18(32)41)36-25(48)14(31)9-20(34)43/h12-17,23-24H,5-11,31H2,1-4H3,(H2,32,41)(H2,33,42)(H2,34,43)(H,35,52)(H,36,48)(H,37,51)(H,38,53)(H,39,50)(H,40,49)(H,44,45)(H,46,47)/t14-,15-,16-,17-,23-,24-/m0/s1. The lowest BCUT2D eigenvalue weighted by molar-refractivity contribution is -0.142. The minimum absolute atomic E-state index is 0.361. The highest BCUT2D eigenvalue weighted by Crippen LogP contribution is 2.09. The molecule has 0 radical (unpaired) electrons. The number of amides is 9. The van der Waals surface area contributed by atoms with Crippen LogP contribution < -0.4 is 54.8 Å². The third kappa shape index (κ3) is 18.8. The first-order valence-electron chi connectivity index (χ1n) is 16.3. The highest BCUT2D eigenvalue weighted by molar-refractivity contribution is 5.98. The van der Waals surface area contributed by atoms with Gasteiger partial charge >= 0.3 is 11.9 Å². The second kappa shape index (κ2) is 22.8. The molecule has 53 heavy (non-hydrogen) atoms. The van der Waals surface area contributed by atoms with Crippen molar-refractivity contribution in [3.05, 3.63) is 0 Å². The number of carboxylic acid groups (broad SMARTS) is 2. The third-order valence-electron chi connectivity index (χ3n) is 7.30. The van der Waals surface area contributed by atoms with Gasteiger partial charge < -0.3 is 65.0 Å². The molecular formula is C30H50N10O13. The summed E-state index contributed by atoms with van der Waals surface area (Å²) >= 11 is 0. The molecule has 0 aromatic heterocycles. The molecule has 0 saturated heterocycles. The second-order valence-electron chi connectivity index (χ2n) is 12.6. The van der Waals surface area contributed by atoms with E-state index < -0.39 is 152 Å². The molecule has 0 unspecified atom stereocenters. The number of nitrogens with two attached hydrogens (primary N) is 4. The van der Waals surface area contributed by atoms with E-state index in [0.717, 1.165) is 0 Å². The van der Waals surface area contributed by atoms with Gasteiger partial charge in [-0.2, -0.15) is 0 Å². The van der Waals surface area contributed by atoms with Gasteiger partial charge in [-0.05, 0) is 24.7 Å². The van der Waals surface area contributed by atoms with E-state index in [2.05, 4.69) is 31.9 Å². The van der Waals surface area contributed by atoms with E-state index in [1.54, 1.807) is 0 Å². The van der Waals surface area contributed by atoms with Crippen molar-refractivity contribution < 1.29 is 63.0 Å². The summed E-state index contributed by atoms with van der Waals surface area (Å²) in [5.41, 5.74) is 21.1. The Balaban J connectivity index is 6.24. The minimum Gasteiger partial charge on any atom is -0.481 e. The van der Waals surface area contributed by atoms with Gasteiger partial charge in [0, 0.05) is 12.8 Å². The average Bonchev–Trinajstić information content (AvgIpc) is 3.03. The summed E-state index contributed by atoms with van der Waals surface area (Å²) < 4.78 is 0. The SMILES string of the molecule is CC(C)[C@H](NC(=O)[C@H](CCC(N)=O)NC(=O)[C@H](CC(=O)O)NC(=O)[C@@H](NC(=O)[C@H](CCC(N)=O)NC(=O)[C@@H](N)CC(N)=O)C(C)C)C(=O)NCC(=O)O. The van der Waals surface area contributed by atoms with Crippen molar-refractivity contribution in [1.82, 2.24) is 31.9 Å². The van der Waals surface area contributed by atoms with Gasteiger partial charge in [0.25, 0.3) is 0 Å². The summed E-state index contributed by atoms with van der Waals surface area (Å²) in [6.07, 6.45) is -3.28. The number of carboxylic acids is 2. The van der Waals surface area contributed by atoms with Gasteiger partial charge in [-0.1, -0.05) is 27.7 Å². The molecule has 0 rings (SSSR count). The van der Waals surface area contributed by atoms with Crippen molar-refractivity contribution in [3.8, 4) is 0 Å². The lowest BCUT2D eigenvalue weighted by Gasteiger charge is -2.28. The maximum absolute atomic E-state index is 13.4. The van der Waals surface area contributed by atoms with Gasteiger partial charge in [0.15, 0.2) is 0 Å². The van der Waals surface area contributed by atoms with Crippen LogP contribution in [-0.2, 0) is 52.7 Å². The van der Waals surface area contributed by atoms with E-state index in [9.17, 15) is 57.8 Å². The molecule has 16 N–H and O–H groups in total. The first-order chi connectivity index (χ1) is 24.5. The molecule has 0 heterocycles. The molecule has 0 saturated carbocycles. The lowest BCUT2D eigenvalue weighted by atomic mass is 10.0. The second-order valence-corrected chi connectivity index (χ2v) is 12.6. The zero-order valence-electron chi connectivity index (χ0n) is 29.8. The molecule has 23 nitrogen and oxygen atoms in total. The molecule has 0 bridgehead atoms. The summed E-state index contributed by atoms with van der Waals surface area (Å²) in [7, 11) is 0. The van der Waals surface area contributed by atoms with Crippen molar-refractivity contribution in [2.24, 2.45) is 34.8 Å². The van der Waals surface area contributed by atoms with Crippen LogP contribution in [0.25, 0.3) is 0 Å². The monoisotopic (exact) mass is 758 g/mol. The van der Waals surface area contributed by atoms with E-state index in [4.69, 9.17) is 28.0 Å². The smallest absolute Gasteiger partial charge is 0.322 e. The molecule has 6 atom stereocenters. The van der Waals surface area contributed by atoms with E-state index in [1.165, 1.54) is 27.7 Å². The molecule has 0 aliphatic rings. The van der Waals surface area contributed by atoms with Crippen LogP contribution in [0.4, 0.5) is 0 Å². The Morgan fingerprint density at radius 2 is 0.887 bits per heavy atom. The summed E-state index contributed by atoms with van der Waals surface area (Å²) in [5.74, 6) is -13.2. The predicted molar refractivity (Wildman–Crippen MR) is 181 cm³/mol. The third-order valence-corrected chi connectivity index (χ3v) is 7.30. The van der Waals surface area contributed by atoms with Crippen LogP contribution in [0.2, 0.25) is 0 Å². The van der Waals surface area contributed by atoms with E-state index in [0.29, 0.717) is 0 Å². The first-order valence-corrected chi connectivity index (χ1v) is 16.3. The number of aliphatic carboxylic acids is 2. The van der Waals surface area contributed by atoms with Gasteiger partial charge in [0.05, 0.1) is 18.9 Å². The number of hydrogen-bond donors (Lipinski definition) is 12. The molecule has 298 valence electrons. The number of primary amides is 3. The van der Waals surface area contributed by atoms with Crippen molar-refractivity contribution in [1.29, 1.82) is 0 Å². The topological polar surface area (TPSA) is 404 Å². The number of nitrogens with one attached hydrogen (secondary N) is 6. The summed E-state index contributed by atoms with van der Waals surface area (Å²) in [6, 6.07) is -9.28. The van der Waals surface area contributed by atoms with Crippen LogP contribution in [0.1, 0.15) is 66.2 Å². The zero-order chi connectivity index (χ0) is 41.2. The van der Waals surface area contributed by atoms with E-state index >= 15 is 0 Å². The Labute approximate surface area is 303 Å². The average molecular weight is 759 g/mol. The fourth-order valence-electron chi connectivity index (χ4n) is 4.47. The normalized spacial score (nSPS) is 14.2. The van der Waals surface area contributed by atoms with Crippen LogP contribution in [0, 0.1) is 11.8 Å². The summed E-state index contributed by atoms with van der Waals surface area (Å²) in [5, 5.41) is 31.9. The molecule has 9 amide bonds. The largest absolute Gasteiger partial charge is 0.481 e. The van der Waals surface area contributed by atoms with Gasteiger partial charge in [-0.15, -0.1) is 0 Å². The van der Waals surface area contributed by atoms with Gasteiger partial charge in [0.2, 0.25) is 53.2 Å². The predicted octanol–water partition coefficient (Wildman–Crippen LogP) is -5.87. The van der Waals surface area contributed by atoms with Gasteiger partial charge in [-0.3, -0.25) is 52.7 Å². The number of carbonyl (C=O) groups excluding carboxylic acids is 9. The Kier molecular flexibility index (Phi) is 20.3. The van der Waals surface area contributed by atoms with Crippen LogP contribution >= 0.6 is 0 Å². The molecular weight excluding hydrogens is 708 g/mol. The van der Waals surface area contributed by atoms with Crippen molar-refractivity contribution in [2.45, 2.75) is 102 Å². The fraction of sp³-hybridized carbons (Fsp3) is 0.633. The summed E-state index contributed by atoms with van der Waals surface area (Å²) in [6.45, 7) is 5.23. The Hall–Kier alpha value is -5.87. The van der Waals surface area contributed by atoms with Crippen molar-refractivity contribution in [3.63, 3.8) is 0 Å². The molecule has 0 aliphatic carbocycles. The van der Waals surface area contributed by atoms with E-state index in [1.807, 2.05) is 0 Å². The first kappa shape index (κ1) is 47.1. The highest BCUT2D eigenvalue weighted by atomic mass is 16.4. The highest BCUT2D eigenvalue weighted by Gasteiger charge is 2.35. The Morgan fingerprint density at radius 3 is 1.26 bits per heavy atom. The molecule has 23 heteroatoms. The molecule has 0 aromatic rings. The molecule has 0 aromatic carbocycles. The zero-order valence-corrected chi connectivity index (χ0v) is 29.8. The minimum atomic E-state index is -1.89. The number of carbonyl (C=O) groups is 11. The maximum atomic E-state index is 13.4. The van der Waals surface area contributed by atoms with Gasteiger partial charge in [0.1, 0.15) is 36.8 Å². The van der Waals surface area contributed by atoms with E-state index in [-0.39, 0.29) is 6.42 Å². The van der Waals surface area contributed by atoms with Gasteiger partial charge in [-0.25, -0.2) is 0 Å². The number of rotatable bonds is 25. The molecule has 0 fully saturated rings. The van der Waals surface area contributed by atoms with Crippen molar-refractivity contribution in [2.75, 3.05) is 6.54 Å². The van der Waals surface area contributed by atoms with Crippen LogP contribution in [0.15, 0.2) is 0 Å². The summed E-state index contributed by atoms with van der Waals surface area (Å²) in [4.78, 5) is 135. The Morgan fingerprint density at radius 1 is 0.491 bits per heavy atom. The molecule has 0 spiro atoms.